The standard InChI is InChI=1S/C17H25N3O4S/c1-25(23,24)19-9-6-14(21)20-10-7-17(8-11-20)13-5-3-2-4-12(13)15(18)16(17)22/h2-5,15-16,19,22H,6-11,18H2,1H3/t15-,16+/m1/s1. The molecule has 138 valence electrons. The van der Waals surface area contributed by atoms with Crippen molar-refractivity contribution in [2.75, 3.05) is 25.9 Å². The molecule has 3 rings (SSSR count). The van der Waals surface area contributed by atoms with E-state index in [4.69, 9.17) is 5.73 Å². The highest BCUT2D eigenvalue weighted by Gasteiger charge is 2.51. The molecule has 1 fully saturated rings. The molecule has 0 aromatic heterocycles. The number of nitrogens with zero attached hydrogens (tertiary/aromatic N) is 1. The first-order chi connectivity index (χ1) is 11.7. The second-order valence-electron chi connectivity index (χ2n) is 7.01. The molecular formula is C17H25N3O4S. The van der Waals surface area contributed by atoms with Crippen LogP contribution in [-0.2, 0) is 20.2 Å². The summed E-state index contributed by atoms with van der Waals surface area (Å²) in [5.41, 5.74) is 7.90. The van der Waals surface area contributed by atoms with E-state index in [9.17, 15) is 18.3 Å². The van der Waals surface area contributed by atoms with Crippen LogP contribution in [0.1, 0.15) is 36.4 Å². The number of nitrogens with one attached hydrogen (secondary N) is 1. The minimum atomic E-state index is -3.28. The van der Waals surface area contributed by atoms with Crippen molar-refractivity contribution < 1.29 is 18.3 Å². The van der Waals surface area contributed by atoms with Gasteiger partial charge in [0.25, 0.3) is 0 Å². The van der Waals surface area contributed by atoms with E-state index < -0.39 is 27.6 Å². The summed E-state index contributed by atoms with van der Waals surface area (Å²) in [7, 11) is -3.28. The molecule has 1 aromatic carbocycles. The van der Waals surface area contributed by atoms with Crippen LogP contribution in [0.2, 0.25) is 0 Å². The first-order valence-electron chi connectivity index (χ1n) is 8.50. The van der Waals surface area contributed by atoms with Gasteiger partial charge in [0.1, 0.15) is 0 Å². The van der Waals surface area contributed by atoms with E-state index in [1.54, 1.807) is 4.90 Å². The van der Waals surface area contributed by atoms with E-state index >= 15 is 0 Å². The van der Waals surface area contributed by atoms with Crippen LogP contribution in [0.5, 0.6) is 0 Å². The smallest absolute Gasteiger partial charge is 0.223 e. The molecule has 0 unspecified atom stereocenters. The average Bonchev–Trinajstić information content (AvgIpc) is 2.77. The first-order valence-corrected chi connectivity index (χ1v) is 10.4. The molecule has 2 atom stereocenters. The number of fused-ring (bicyclic) bond motifs is 2. The predicted octanol–water partition coefficient (Wildman–Crippen LogP) is -0.140. The van der Waals surface area contributed by atoms with Crippen molar-refractivity contribution in [2.24, 2.45) is 5.73 Å². The molecule has 8 heteroatoms. The highest BCUT2D eigenvalue weighted by molar-refractivity contribution is 7.88. The van der Waals surface area contributed by atoms with Crippen molar-refractivity contribution in [3.05, 3.63) is 35.4 Å². The third kappa shape index (κ3) is 3.44. The third-order valence-corrected chi connectivity index (χ3v) is 6.20. The zero-order valence-corrected chi connectivity index (χ0v) is 15.1. The normalized spacial score (nSPS) is 25.2. The maximum absolute atomic E-state index is 12.3. The Hall–Kier alpha value is -1.48. The number of aliphatic hydroxyl groups is 1. The maximum atomic E-state index is 12.3. The molecule has 7 nitrogen and oxygen atoms in total. The number of likely N-dealkylation sites (tertiary alicyclic amines) is 1. The Morgan fingerprint density at radius 2 is 2.00 bits per heavy atom. The van der Waals surface area contributed by atoms with Gasteiger partial charge >= 0.3 is 0 Å². The number of carbonyl (C=O) groups is 1. The van der Waals surface area contributed by atoms with Crippen LogP contribution < -0.4 is 10.5 Å². The monoisotopic (exact) mass is 367 g/mol. The van der Waals surface area contributed by atoms with Crippen LogP contribution in [0, 0.1) is 0 Å². The van der Waals surface area contributed by atoms with Gasteiger partial charge in [-0.3, -0.25) is 4.79 Å². The largest absolute Gasteiger partial charge is 0.390 e. The number of hydrogen-bond donors (Lipinski definition) is 3. The molecule has 2 aliphatic rings. The van der Waals surface area contributed by atoms with Gasteiger partial charge in [0, 0.05) is 31.5 Å². The number of sulfonamides is 1. The lowest BCUT2D eigenvalue weighted by Gasteiger charge is -2.42. The van der Waals surface area contributed by atoms with Gasteiger partial charge < -0.3 is 15.7 Å². The van der Waals surface area contributed by atoms with Gasteiger partial charge in [0.2, 0.25) is 15.9 Å². The zero-order valence-electron chi connectivity index (χ0n) is 14.3. The summed E-state index contributed by atoms with van der Waals surface area (Å²) in [4.78, 5) is 14.0. The van der Waals surface area contributed by atoms with E-state index in [0.717, 1.165) is 17.4 Å². The minimum Gasteiger partial charge on any atom is -0.390 e. The molecule has 1 aromatic rings. The van der Waals surface area contributed by atoms with E-state index in [0.29, 0.717) is 25.9 Å². The molecule has 0 saturated carbocycles. The van der Waals surface area contributed by atoms with Crippen LogP contribution in [0.15, 0.2) is 24.3 Å². The fraction of sp³-hybridized carbons (Fsp3) is 0.588. The van der Waals surface area contributed by atoms with E-state index in [1.165, 1.54) is 0 Å². The first kappa shape index (κ1) is 18.3. The SMILES string of the molecule is CS(=O)(=O)NCCC(=O)N1CCC2(CC1)c1ccccc1[C@@H](N)[C@@H]2O. The number of aliphatic hydroxyl groups excluding tert-OH is 1. The number of nitrogens with two attached hydrogens (primary N) is 1. The second-order valence-corrected chi connectivity index (χ2v) is 8.84. The Labute approximate surface area is 148 Å². The Morgan fingerprint density at radius 1 is 1.36 bits per heavy atom. The van der Waals surface area contributed by atoms with Crippen LogP contribution >= 0.6 is 0 Å². The molecule has 1 heterocycles. The molecule has 0 radical (unpaired) electrons. The lowest BCUT2D eigenvalue weighted by atomic mass is 9.72. The van der Waals surface area contributed by atoms with Gasteiger partial charge in [0.15, 0.2) is 0 Å². The summed E-state index contributed by atoms with van der Waals surface area (Å²) < 4.78 is 24.5. The van der Waals surface area contributed by atoms with Crippen LogP contribution in [0.25, 0.3) is 0 Å². The van der Waals surface area contributed by atoms with Gasteiger partial charge in [-0.2, -0.15) is 0 Å². The fourth-order valence-electron chi connectivity index (χ4n) is 4.14. The molecule has 0 bridgehead atoms. The molecule has 1 spiro atoms. The van der Waals surface area contributed by atoms with E-state index in [-0.39, 0.29) is 18.9 Å². The number of carbonyl (C=O) groups excluding carboxylic acids is 1. The van der Waals surface area contributed by atoms with Crippen molar-refractivity contribution in [3.8, 4) is 0 Å². The molecular weight excluding hydrogens is 342 g/mol. The Balaban J connectivity index is 1.65. The van der Waals surface area contributed by atoms with Crippen molar-refractivity contribution in [3.63, 3.8) is 0 Å². The minimum absolute atomic E-state index is 0.0731. The lowest BCUT2D eigenvalue weighted by molar-refractivity contribution is -0.133. The summed E-state index contributed by atoms with van der Waals surface area (Å²) >= 11 is 0. The van der Waals surface area contributed by atoms with Crippen molar-refractivity contribution in [2.45, 2.75) is 36.8 Å². The zero-order chi connectivity index (χ0) is 18.2. The summed E-state index contributed by atoms with van der Waals surface area (Å²) in [6.45, 7) is 1.18. The van der Waals surface area contributed by atoms with Crippen molar-refractivity contribution in [1.29, 1.82) is 0 Å². The number of hydrogen-bond acceptors (Lipinski definition) is 5. The number of piperidine rings is 1. The summed E-state index contributed by atoms with van der Waals surface area (Å²) in [6.07, 6.45) is 1.88. The average molecular weight is 367 g/mol. The van der Waals surface area contributed by atoms with Crippen LogP contribution in [-0.4, -0.2) is 56.3 Å². The van der Waals surface area contributed by atoms with Gasteiger partial charge in [-0.05, 0) is 24.0 Å². The van der Waals surface area contributed by atoms with Crippen molar-refractivity contribution >= 4 is 15.9 Å². The van der Waals surface area contributed by atoms with Gasteiger partial charge in [-0.15, -0.1) is 0 Å². The van der Waals surface area contributed by atoms with Crippen molar-refractivity contribution in [1.82, 2.24) is 9.62 Å². The molecule has 1 saturated heterocycles. The van der Waals surface area contributed by atoms with Crippen LogP contribution in [0.4, 0.5) is 0 Å². The molecule has 1 aliphatic heterocycles. The molecule has 25 heavy (non-hydrogen) atoms. The Morgan fingerprint density at radius 3 is 2.64 bits per heavy atom. The number of benzene rings is 1. The lowest BCUT2D eigenvalue weighted by Crippen LogP contribution is -2.50. The summed E-state index contributed by atoms with van der Waals surface area (Å²) in [6, 6.07) is 7.49. The summed E-state index contributed by atoms with van der Waals surface area (Å²) in [5, 5.41) is 10.7. The Kier molecular flexibility index (Phi) is 4.89. The van der Waals surface area contributed by atoms with Gasteiger partial charge in [-0.1, -0.05) is 24.3 Å². The maximum Gasteiger partial charge on any atom is 0.223 e. The molecule has 4 N–H and O–H groups in total. The van der Waals surface area contributed by atoms with E-state index in [1.807, 2.05) is 24.3 Å². The third-order valence-electron chi connectivity index (χ3n) is 5.47. The van der Waals surface area contributed by atoms with E-state index in [2.05, 4.69) is 4.72 Å². The quantitative estimate of drug-likeness (QED) is 0.686. The van der Waals surface area contributed by atoms with Crippen LogP contribution in [0.3, 0.4) is 0 Å². The fourth-order valence-corrected chi connectivity index (χ4v) is 4.61. The molecule has 1 aliphatic carbocycles. The topological polar surface area (TPSA) is 113 Å². The number of amides is 1. The Bertz CT molecular complexity index is 757. The number of rotatable bonds is 4. The second kappa shape index (κ2) is 6.68. The highest BCUT2D eigenvalue weighted by Crippen LogP contribution is 2.49. The van der Waals surface area contributed by atoms with Gasteiger partial charge in [0.05, 0.1) is 18.4 Å². The molecule has 1 amide bonds. The predicted molar refractivity (Wildman–Crippen MR) is 94.3 cm³/mol. The van der Waals surface area contributed by atoms with Gasteiger partial charge in [-0.25, -0.2) is 13.1 Å². The summed E-state index contributed by atoms with van der Waals surface area (Å²) in [5.74, 6) is -0.0731. The highest BCUT2D eigenvalue weighted by atomic mass is 32.2.